The molecule has 0 bridgehead atoms. The molecule has 3 aromatic rings. The average molecular weight is 397 g/mol. The third-order valence-corrected chi connectivity index (χ3v) is 4.87. The zero-order chi connectivity index (χ0) is 19.9. The molecular formula is C21H19NO5S. The summed E-state index contributed by atoms with van der Waals surface area (Å²) in [7, 11) is 0. The van der Waals surface area contributed by atoms with Crippen LogP contribution in [0.3, 0.4) is 0 Å². The van der Waals surface area contributed by atoms with E-state index in [1.807, 2.05) is 37.3 Å². The van der Waals surface area contributed by atoms with Gasteiger partial charge in [0, 0.05) is 23.3 Å². The Morgan fingerprint density at radius 3 is 2.68 bits per heavy atom. The van der Waals surface area contributed by atoms with Crippen LogP contribution in [-0.4, -0.2) is 30.8 Å². The summed E-state index contributed by atoms with van der Waals surface area (Å²) in [5, 5.41) is 3.07. The van der Waals surface area contributed by atoms with Gasteiger partial charge in [0.15, 0.2) is 12.0 Å². The molecule has 1 heterocycles. The number of rotatable bonds is 7. The number of carbonyl (C=O) groups is 2. The number of hydrogen-bond acceptors (Lipinski definition) is 6. The Bertz CT molecular complexity index is 1050. The molecule has 0 atom stereocenters. The molecule has 1 amide bonds. The van der Waals surface area contributed by atoms with E-state index in [0.29, 0.717) is 23.3 Å². The van der Waals surface area contributed by atoms with Crippen LogP contribution in [0.15, 0.2) is 68.7 Å². The first-order valence-corrected chi connectivity index (χ1v) is 9.67. The van der Waals surface area contributed by atoms with Crippen molar-refractivity contribution in [3.05, 3.63) is 76.1 Å². The van der Waals surface area contributed by atoms with Crippen molar-refractivity contribution in [2.75, 3.05) is 18.9 Å². The van der Waals surface area contributed by atoms with Gasteiger partial charge >= 0.3 is 5.97 Å². The molecule has 0 fully saturated rings. The molecule has 0 unspecified atom stereocenters. The van der Waals surface area contributed by atoms with E-state index in [4.69, 9.17) is 9.15 Å². The monoisotopic (exact) mass is 397 g/mol. The third kappa shape index (κ3) is 5.23. The summed E-state index contributed by atoms with van der Waals surface area (Å²) >= 11 is 1.62. The van der Waals surface area contributed by atoms with Crippen LogP contribution in [0.5, 0.6) is 0 Å². The molecule has 0 saturated heterocycles. The fraction of sp³-hybridized carbons (Fsp3) is 0.190. The first-order chi connectivity index (χ1) is 13.5. The van der Waals surface area contributed by atoms with E-state index in [2.05, 4.69) is 5.32 Å². The molecule has 0 aliphatic heterocycles. The van der Waals surface area contributed by atoms with Gasteiger partial charge in [0.25, 0.3) is 5.91 Å². The highest BCUT2D eigenvalue weighted by Gasteiger charge is 2.15. The molecule has 2 aromatic carbocycles. The average Bonchev–Trinajstić information content (AvgIpc) is 2.70. The zero-order valence-corrected chi connectivity index (χ0v) is 16.1. The maximum Gasteiger partial charge on any atom is 0.374 e. The molecule has 7 heteroatoms. The van der Waals surface area contributed by atoms with Crippen LogP contribution in [-0.2, 0) is 9.53 Å². The summed E-state index contributed by atoms with van der Waals surface area (Å²) in [6, 6.07) is 16.0. The Hall–Kier alpha value is -3.06. The van der Waals surface area contributed by atoms with E-state index >= 15 is 0 Å². The maximum atomic E-state index is 12.1. The van der Waals surface area contributed by atoms with Gasteiger partial charge in [-0.15, -0.1) is 11.8 Å². The van der Waals surface area contributed by atoms with Crippen molar-refractivity contribution in [1.29, 1.82) is 0 Å². The number of fused-ring (bicyclic) bond motifs is 1. The van der Waals surface area contributed by atoms with Gasteiger partial charge in [-0.2, -0.15) is 0 Å². The van der Waals surface area contributed by atoms with Gasteiger partial charge in [0.05, 0.1) is 5.39 Å². The summed E-state index contributed by atoms with van der Waals surface area (Å²) in [6.45, 7) is 1.86. The number of aryl methyl sites for hydroxylation is 1. The van der Waals surface area contributed by atoms with E-state index in [1.54, 1.807) is 30.0 Å². The lowest BCUT2D eigenvalue weighted by Gasteiger charge is -2.07. The Morgan fingerprint density at radius 2 is 1.89 bits per heavy atom. The number of benzene rings is 2. The molecule has 3 rings (SSSR count). The highest BCUT2D eigenvalue weighted by molar-refractivity contribution is 7.99. The molecule has 1 aromatic heterocycles. The van der Waals surface area contributed by atoms with Gasteiger partial charge in [-0.1, -0.05) is 29.8 Å². The van der Waals surface area contributed by atoms with E-state index in [0.717, 1.165) is 16.5 Å². The van der Waals surface area contributed by atoms with Crippen molar-refractivity contribution in [3.8, 4) is 0 Å². The van der Waals surface area contributed by atoms with Gasteiger partial charge in [-0.25, -0.2) is 4.79 Å². The van der Waals surface area contributed by atoms with Crippen molar-refractivity contribution in [1.82, 2.24) is 5.32 Å². The largest absolute Gasteiger partial charge is 0.450 e. The van der Waals surface area contributed by atoms with Gasteiger partial charge in [0.1, 0.15) is 5.58 Å². The van der Waals surface area contributed by atoms with Crippen LogP contribution >= 0.6 is 11.8 Å². The predicted octanol–water partition coefficient (Wildman–Crippen LogP) is 3.17. The van der Waals surface area contributed by atoms with Crippen LogP contribution in [0.1, 0.15) is 16.1 Å². The molecule has 6 nitrogen and oxygen atoms in total. The minimum atomic E-state index is -0.853. The number of nitrogens with one attached hydrogen (secondary N) is 1. The highest BCUT2D eigenvalue weighted by atomic mass is 32.2. The standard InChI is InChI=1S/C21H19NO5S/c1-14-7-8-18-16(11-14)17(23)12-19(27-18)21(25)26-13-20(24)22-9-10-28-15-5-3-2-4-6-15/h2-8,11-12H,9-10,13H2,1H3,(H,22,24). The Balaban J connectivity index is 1.48. The van der Waals surface area contributed by atoms with Gasteiger partial charge in [-0.05, 0) is 31.2 Å². The summed E-state index contributed by atoms with van der Waals surface area (Å²) in [5.74, 6) is -0.800. The molecular weight excluding hydrogens is 378 g/mol. The normalized spacial score (nSPS) is 10.6. The fourth-order valence-electron chi connectivity index (χ4n) is 2.50. The topological polar surface area (TPSA) is 85.6 Å². The van der Waals surface area contributed by atoms with Crippen LogP contribution in [0, 0.1) is 6.92 Å². The van der Waals surface area contributed by atoms with E-state index in [1.165, 1.54) is 0 Å². The maximum absolute atomic E-state index is 12.1. The van der Waals surface area contributed by atoms with Crippen LogP contribution < -0.4 is 10.7 Å². The summed E-state index contributed by atoms with van der Waals surface area (Å²) in [4.78, 5) is 37.2. The highest BCUT2D eigenvalue weighted by Crippen LogP contribution is 2.16. The second-order valence-corrected chi connectivity index (χ2v) is 7.23. The van der Waals surface area contributed by atoms with Gasteiger partial charge in [0.2, 0.25) is 5.76 Å². The number of amides is 1. The number of thioether (sulfide) groups is 1. The Labute approximate surface area is 165 Å². The van der Waals surface area contributed by atoms with Crippen molar-refractivity contribution < 1.29 is 18.7 Å². The summed E-state index contributed by atoms with van der Waals surface area (Å²) in [6.07, 6.45) is 0. The zero-order valence-electron chi connectivity index (χ0n) is 15.3. The molecule has 0 aliphatic rings. The molecule has 0 radical (unpaired) electrons. The quantitative estimate of drug-likeness (QED) is 0.374. The summed E-state index contributed by atoms with van der Waals surface area (Å²) < 4.78 is 10.4. The SMILES string of the molecule is Cc1ccc2oc(C(=O)OCC(=O)NCCSc3ccccc3)cc(=O)c2c1. The molecule has 28 heavy (non-hydrogen) atoms. The Kier molecular flexibility index (Phi) is 6.49. The minimum absolute atomic E-state index is 0.228. The van der Waals surface area contributed by atoms with Crippen LogP contribution in [0.2, 0.25) is 0 Å². The van der Waals surface area contributed by atoms with E-state index in [-0.39, 0.29) is 11.2 Å². The molecule has 0 aliphatic carbocycles. The van der Waals surface area contributed by atoms with Crippen molar-refractivity contribution in [3.63, 3.8) is 0 Å². The number of hydrogen-bond donors (Lipinski definition) is 1. The second kappa shape index (κ2) is 9.23. The van der Waals surface area contributed by atoms with Crippen LogP contribution in [0.4, 0.5) is 0 Å². The molecule has 1 N–H and O–H groups in total. The lowest BCUT2D eigenvalue weighted by atomic mass is 10.1. The summed E-state index contributed by atoms with van der Waals surface area (Å²) in [5.41, 5.74) is 0.879. The number of carbonyl (C=O) groups excluding carboxylic acids is 2. The van der Waals surface area contributed by atoms with E-state index in [9.17, 15) is 14.4 Å². The second-order valence-electron chi connectivity index (χ2n) is 6.06. The molecule has 0 spiro atoms. The fourth-order valence-corrected chi connectivity index (χ4v) is 3.29. The van der Waals surface area contributed by atoms with Crippen molar-refractivity contribution >= 4 is 34.6 Å². The lowest BCUT2D eigenvalue weighted by molar-refractivity contribution is -0.124. The third-order valence-electron chi connectivity index (χ3n) is 3.85. The first-order valence-electron chi connectivity index (χ1n) is 8.69. The van der Waals surface area contributed by atoms with Crippen LogP contribution in [0.25, 0.3) is 11.0 Å². The van der Waals surface area contributed by atoms with E-state index < -0.39 is 18.5 Å². The molecule has 144 valence electrons. The van der Waals surface area contributed by atoms with Gasteiger partial charge in [-0.3, -0.25) is 9.59 Å². The lowest BCUT2D eigenvalue weighted by Crippen LogP contribution is -2.30. The molecule has 0 saturated carbocycles. The van der Waals surface area contributed by atoms with Crippen molar-refractivity contribution in [2.24, 2.45) is 0 Å². The smallest absolute Gasteiger partial charge is 0.374 e. The van der Waals surface area contributed by atoms with Crippen molar-refractivity contribution in [2.45, 2.75) is 11.8 Å². The Morgan fingerprint density at radius 1 is 1.11 bits per heavy atom. The van der Waals surface area contributed by atoms with Gasteiger partial charge < -0.3 is 14.5 Å². The minimum Gasteiger partial charge on any atom is -0.450 e. The number of ether oxygens (including phenoxy) is 1. The predicted molar refractivity (Wildman–Crippen MR) is 108 cm³/mol. The number of esters is 1. The first kappa shape index (κ1) is 19.7.